The molecule has 0 amide bonds. The normalized spacial score (nSPS) is 31.8. The van der Waals surface area contributed by atoms with E-state index in [1.54, 1.807) is 12.3 Å². The SMILES string of the molecule is NC[C@@]12CC3CN(c4cnc(-c5cccc(Cl)c5Cl)c(N)n4)C[C@@H]3C1C2. The summed E-state index contributed by atoms with van der Waals surface area (Å²) >= 11 is 12.4. The zero-order valence-corrected chi connectivity index (χ0v) is 15.8. The molecule has 1 aromatic carbocycles. The molecule has 1 aromatic heterocycles. The predicted octanol–water partition coefficient (Wildman–Crippen LogP) is 3.45. The lowest BCUT2D eigenvalue weighted by Crippen LogP contribution is -2.25. The Morgan fingerprint density at radius 3 is 2.81 bits per heavy atom. The molecule has 0 bridgehead atoms. The van der Waals surface area contributed by atoms with Gasteiger partial charge in [-0.1, -0.05) is 35.3 Å². The van der Waals surface area contributed by atoms with Crippen LogP contribution in [0.1, 0.15) is 12.8 Å². The molecule has 0 radical (unpaired) electrons. The van der Waals surface area contributed by atoms with Gasteiger partial charge in [-0.05, 0) is 48.6 Å². The third kappa shape index (κ3) is 2.34. The highest BCUT2D eigenvalue weighted by molar-refractivity contribution is 6.43. The molecule has 4 atom stereocenters. The number of benzene rings is 1. The Morgan fingerprint density at radius 1 is 1.23 bits per heavy atom. The van der Waals surface area contributed by atoms with Crippen molar-refractivity contribution in [3.63, 3.8) is 0 Å². The molecule has 26 heavy (non-hydrogen) atoms. The summed E-state index contributed by atoms with van der Waals surface area (Å²) in [7, 11) is 0. The maximum Gasteiger partial charge on any atom is 0.152 e. The van der Waals surface area contributed by atoms with E-state index in [0.29, 0.717) is 32.5 Å². The number of rotatable bonds is 3. The second-order valence-corrected chi connectivity index (χ2v) is 8.76. The molecule has 2 aromatic rings. The van der Waals surface area contributed by atoms with Gasteiger partial charge in [0.2, 0.25) is 0 Å². The number of hydrogen-bond donors (Lipinski definition) is 2. The number of halogens is 2. The molecule has 1 aliphatic heterocycles. The molecule has 3 aliphatic rings. The van der Waals surface area contributed by atoms with E-state index in [-0.39, 0.29) is 0 Å². The van der Waals surface area contributed by atoms with E-state index in [9.17, 15) is 0 Å². The third-order valence-electron chi connectivity index (χ3n) is 6.65. The Balaban J connectivity index is 1.39. The first-order valence-corrected chi connectivity index (χ1v) is 9.80. The summed E-state index contributed by atoms with van der Waals surface area (Å²) < 4.78 is 0. The van der Waals surface area contributed by atoms with E-state index in [1.165, 1.54) is 12.8 Å². The highest BCUT2D eigenvalue weighted by Gasteiger charge is 2.65. The first-order valence-electron chi connectivity index (χ1n) is 9.04. The average molecular weight is 390 g/mol. The highest BCUT2D eigenvalue weighted by atomic mass is 35.5. The second-order valence-electron chi connectivity index (χ2n) is 7.97. The molecule has 1 saturated heterocycles. The number of anilines is 2. The summed E-state index contributed by atoms with van der Waals surface area (Å²) in [5.41, 5.74) is 14.0. The average Bonchev–Trinajstić information content (AvgIpc) is 3.04. The highest BCUT2D eigenvalue weighted by Crippen LogP contribution is 2.69. The van der Waals surface area contributed by atoms with Gasteiger partial charge in [0.15, 0.2) is 5.82 Å². The van der Waals surface area contributed by atoms with Gasteiger partial charge < -0.3 is 16.4 Å². The van der Waals surface area contributed by atoms with E-state index < -0.39 is 0 Å². The minimum Gasteiger partial charge on any atom is -0.382 e. The van der Waals surface area contributed by atoms with Gasteiger partial charge in [-0.25, -0.2) is 9.97 Å². The number of fused-ring (bicyclic) bond motifs is 3. The fourth-order valence-electron chi connectivity index (χ4n) is 5.25. The topological polar surface area (TPSA) is 81.1 Å². The fourth-order valence-corrected chi connectivity index (χ4v) is 5.65. The molecule has 0 spiro atoms. The van der Waals surface area contributed by atoms with Gasteiger partial charge in [-0.3, -0.25) is 0 Å². The van der Waals surface area contributed by atoms with Gasteiger partial charge in [0.1, 0.15) is 11.5 Å². The lowest BCUT2D eigenvalue weighted by Gasteiger charge is -2.20. The van der Waals surface area contributed by atoms with Crippen LogP contribution in [0.25, 0.3) is 11.3 Å². The quantitative estimate of drug-likeness (QED) is 0.839. The monoisotopic (exact) mass is 389 g/mol. The van der Waals surface area contributed by atoms with Crippen molar-refractivity contribution in [2.75, 3.05) is 30.3 Å². The van der Waals surface area contributed by atoms with Crippen LogP contribution in [0.5, 0.6) is 0 Å². The lowest BCUT2D eigenvalue weighted by atomic mass is 9.94. The zero-order chi connectivity index (χ0) is 18.1. The van der Waals surface area contributed by atoms with E-state index in [1.807, 2.05) is 12.1 Å². The van der Waals surface area contributed by atoms with Gasteiger partial charge in [0, 0.05) is 18.7 Å². The van der Waals surface area contributed by atoms with Crippen molar-refractivity contribution in [2.45, 2.75) is 12.8 Å². The standard InChI is InChI=1S/C19H21Cl2N5/c20-14-3-1-2-11(16(14)21)17-18(23)25-15(6-24-17)26-7-10-4-19(9-22)5-13(19)12(10)8-26/h1-3,6,10,12-13H,4-5,7-9,22H2,(H2,23,25)/t10?,12-,13?,19-/m0/s1. The van der Waals surface area contributed by atoms with Crippen LogP contribution in [0.3, 0.4) is 0 Å². The van der Waals surface area contributed by atoms with Crippen LogP contribution in [0.4, 0.5) is 11.6 Å². The number of nitrogen functional groups attached to an aromatic ring is 1. The van der Waals surface area contributed by atoms with Crippen LogP contribution in [0, 0.1) is 23.2 Å². The Labute approximate surface area is 162 Å². The van der Waals surface area contributed by atoms with Crippen molar-refractivity contribution in [1.82, 2.24) is 9.97 Å². The van der Waals surface area contributed by atoms with Gasteiger partial charge in [0.25, 0.3) is 0 Å². The first-order chi connectivity index (χ1) is 12.5. The van der Waals surface area contributed by atoms with Gasteiger partial charge >= 0.3 is 0 Å². The minimum absolute atomic E-state index is 0.381. The molecule has 7 heteroatoms. The molecule has 2 saturated carbocycles. The maximum absolute atomic E-state index is 6.30. The molecule has 2 heterocycles. The van der Waals surface area contributed by atoms with Gasteiger partial charge in [-0.2, -0.15) is 0 Å². The van der Waals surface area contributed by atoms with E-state index in [2.05, 4.69) is 14.9 Å². The number of nitrogens with zero attached hydrogens (tertiary/aromatic N) is 3. The minimum atomic E-state index is 0.381. The van der Waals surface area contributed by atoms with Crippen LogP contribution >= 0.6 is 23.2 Å². The van der Waals surface area contributed by atoms with Crippen LogP contribution in [-0.2, 0) is 0 Å². The van der Waals surface area contributed by atoms with Crippen LogP contribution in [0.15, 0.2) is 24.4 Å². The molecule has 2 unspecified atom stereocenters. The van der Waals surface area contributed by atoms with Crippen LogP contribution in [-0.4, -0.2) is 29.6 Å². The summed E-state index contributed by atoms with van der Waals surface area (Å²) in [4.78, 5) is 11.5. The molecule has 3 fully saturated rings. The van der Waals surface area contributed by atoms with E-state index >= 15 is 0 Å². The third-order valence-corrected chi connectivity index (χ3v) is 7.47. The zero-order valence-electron chi connectivity index (χ0n) is 14.3. The lowest BCUT2D eigenvalue weighted by molar-refractivity contribution is 0.409. The second kappa shape index (κ2) is 5.72. The largest absolute Gasteiger partial charge is 0.382 e. The van der Waals surface area contributed by atoms with Crippen molar-refractivity contribution in [1.29, 1.82) is 0 Å². The van der Waals surface area contributed by atoms with E-state index in [4.69, 9.17) is 34.7 Å². The summed E-state index contributed by atoms with van der Waals surface area (Å²) in [6, 6.07) is 5.43. The Kier molecular flexibility index (Phi) is 3.65. The first kappa shape index (κ1) is 16.6. The summed E-state index contributed by atoms with van der Waals surface area (Å²) in [5.74, 6) is 3.49. The smallest absolute Gasteiger partial charge is 0.152 e. The van der Waals surface area contributed by atoms with Crippen molar-refractivity contribution in [3.8, 4) is 11.3 Å². The van der Waals surface area contributed by atoms with Gasteiger partial charge in [-0.15, -0.1) is 0 Å². The molecule has 2 aliphatic carbocycles. The van der Waals surface area contributed by atoms with Crippen molar-refractivity contribution >= 4 is 34.8 Å². The molecular weight excluding hydrogens is 369 g/mol. The van der Waals surface area contributed by atoms with Crippen molar-refractivity contribution < 1.29 is 0 Å². The van der Waals surface area contributed by atoms with Crippen LogP contribution < -0.4 is 16.4 Å². The van der Waals surface area contributed by atoms with Crippen LogP contribution in [0.2, 0.25) is 10.0 Å². The predicted molar refractivity (Wildman–Crippen MR) is 105 cm³/mol. The molecule has 4 N–H and O–H groups in total. The van der Waals surface area contributed by atoms with E-state index in [0.717, 1.165) is 43.2 Å². The summed E-state index contributed by atoms with van der Waals surface area (Å²) in [5, 5.41) is 0.931. The molecule has 5 rings (SSSR count). The van der Waals surface area contributed by atoms with Crippen molar-refractivity contribution in [3.05, 3.63) is 34.4 Å². The molecule has 5 nitrogen and oxygen atoms in total. The summed E-state index contributed by atoms with van der Waals surface area (Å²) in [6.45, 7) is 2.89. The van der Waals surface area contributed by atoms with Crippen molar-refractivity contribution in [2.24, 2.45) is 28.9 Å². The molecular formula is C19H21Cl2N5. The fraction of sp³-hybridized carbons (Fsp3) is 0.474. The number of hydrogen-bond acceptors (Lipinski definition) is 5. The maximum atomic E-state index is 6.30. The Bertz CT molecular complexity index is 888. The summed E-state index contributed by atoms with van der Waals surface area (Å²) in [6.07, 6.45) is 4.36. The van der Waals surface area contributed by atoms with Gasteiger partial charge in [0.05, 0.1) is 16.2 Å². The molecule has 136 valence electrons. The number of aromatic nitrogens is 2. The Hall–Kier alpha value is -1.56. The Morgan fingerprint density at radius 2 is 2.08 bits per heavy atom. The number of nitrogens with two attached hydrogens (primary N) is 2.